The number of nitrogens with zero attached hydrogens (tertiary/aromatic N) is 1. The fourth-order valence-corrected chi connectivity index (χ4v) is 3.20. The number of ether oxygens (including phenoxy) is 4. The van der Waals surface area contributed by atoms with E-state index in [1.54, 1.807) is 44.6 Å². The van der Waals surface area contributed by atoms with Crippen molar-refractivity contribution in [1.82, 2.24) is 4.90 Å². The molecule has 0 spiro atoms. The second-order valence-electron chi connectivity index (χ2n) is 6.63. The molecule has 1 aliphatic heterocycles. The summed E-state index contributed by atoms with van der Waals surface area (Å²) in [7, 11) is 3.15. The van der Waals surface area contributed by atoms with Crippen molar-refractivity contribution in [3.63, 3.8) is 0 Å². The molecule has 1 heterocycles. The second kappa shape index (κ2) is 9.61. The van der Waals surface area contributed by atoms with Gasteiger partial charge in [-0.1, -0.05) is 0 Å². The molecule has 152 valence electrons. The Morgan fingerprint density at radius 3 is 2.43 bits per heavy atom. The van der Waals surface area contributed by atoms with Gasteiger partial charge >= 0.3 is 0 Å². The molecular formula is C21H26FNO5. The number of benzene rings is 2. The fraction of sp³-hybridized carbons (Fsp3) is 0.429. The maximum absolute atomic E-state index is 12.9. The van der Waals surface area contributed by atoms with Crippen LogP contribution >= 0.6 is 0 Å². The van der Waals surface area contributed by atoms with Gasteiger partial charge in [0, 0.05) is 25.7 Å². The molecule has 3 rings (SSSR count). The van der Waals surface area contributed by atoms with E-state index in [1.165, 1.54) is 12.1 Å². The van der Waals surface area contributed by atoms with E-state index >= 15 is 0 Å². The smallest absolute Gasteiger partial charge is 0.164 e. The van der Waals surface area contributed by atoms with E-state index in [1.807, 2.05) is 0 Å². The topological polar surface area (TPSA) is 60.4 Å². The van der Waals surface area contributed by atoms with Crippen LogP contribution in [0.3, 0.4) is 0 Å². The Morgan fingerprint density at radius 2 is 1.75 bits per heavy atom. The number of aliphatic hydroxyl groups is 1. The first kappa shape index (κ1) is 20.2. The average molecular weight is 391 g/mol. The Balaban J connectivity index is 1.46. The van der Waals surface area contributed by atoms with Gasteiger partial charge < -0.3 is 24.1 Å². The summed E-state index contributed by atoms with van der Waals surface area (Å²) < 4.78 is 35.0. The third kappa shape index (κ3) is 5.27. The molecule has 0 saturated carbocycles. The van der Waals surface area contributed by atoms with Gasteiger partial charge in [-0.2, -0.15) is 0 Å². The van der Waals surface area contributed by atoms with Crippen LogP contribution in [0.2, 0.25) is 0 Å². The SMILES string of the molecule is COc1ccc(O[C@@H]2CCN(CCOc3ccc(F)cc3)C[C@H]2O)cc1OC. The average Bonchev–Trinajstić information content (AvgIpc) is 2.71. The van der Waals surface area contributed by atoms with Crippen molar-refractivity contribution in [3.8, 4) is 23.0 Å². The molecule has 28 heavy (non-hydrogen) atoms. The number of likely N-dealkylation sites (tertiary alicyclic amines) is 1. The number of aliphatic hydroxyl groups excluding tert-OH is 1. The van der Waals surface area contributed by atoms with Gasteiger partial charge in [-0.05, 0) is 42.8 Å². The molecule has 7 heteroatoms. The van der Waals surface area contributed by atoms with Gasteiger partial charge in [0.15, 0.2) is 11.5 Å². The summed E-state index contributed by atoms with van der Waals surface area (Å²) >= 11 is 0. The van der Waals surface area contributed by atoms with Crippen LogP contribution in [0.25, 0.3) is 0 Å². The first-order valence-corrected chi connectivity index (χ1v) is 9.26. The highest BCUT2D eigenvalue weighted by molar-refractivity contribution is 5.45. The summed E-state index contributed by atoms with van der Waals surface area (Å²) in [6.45, 7) is 2.45. The van der Waals surface area contributed by atoms with Crippen LogP contribution in [0.15, 0.2) is 42.5 Å². The summed E-state index contributed by atoms with van der Waals surface area (Å²) in [5.41, 5.74) is 0. The number of β-amino-alcohol motifs (C(OH)–C–C–N with tert-alkyl or cyclic N) is 1. The Labute approximate surface area is 164 Å². The molecule has 2 aromatic carbocycles. The summed E-state index contributed by atoms with van der Waals surface area (Å²) in [6, 6.07) is 11.3. The first-order chi connectivity index (χ1) is 13.6. The molecule has 1 saturated heterocycles. The van der Waals surface area contributed by atoms with Crippen LogP contribution in [-0.2, 0) is 0 Å². The summed E-state index contributed by atoms with van der Waals surface area (Å²) in [5.74, 6) is 2.20. The Morgan fingerprint density at radius 1 is 1.04 bits per heavy atom. The lowest BCUT2D eigenvalue weighted by atomic mass is 10.0. The van der Waals surface area contributed by atoms with Gasteiger partial charge in [0.1, 0.15) is 36.1 Å². The number of hydrogen-bond donors (Lipinski definition) is 1. The molecule has 1 N–H and O–H groups in total. The number of hydrogen-bond acceptors (Lipinski definition) is 6. The molecule has 1 fully saturated rings. The molecule has 0 aliphatic carbocycles. The largest absolute Gasteiger partial charge is 0.493 e. The van der Waals surface area contributed by atoms with Gasteiger partial charge in [0.25, 0.3) is 0 Å². The molecule has 2 aromatic rings. The van der Waals surface area contributed by atoms with E-state index in [0.717, 1.165) is 6.54 Å². The van der Waals surface area contributed by atoms with Crippen LogP contribution in [0.4, 0.5) is 4.39 Å². The zero-order valence-electron chi connectivity index (χ0n) is 16.1. The van der Waals surface area contributed by atoms with Crippen molar-refractivity contribution >= 4 is 0 Å². The van der Waals surface area contributed by atoms with Gasteiger partial charge in [-0.15, -0.1) is 0 Å². The van der Waals surface area contributed by atoms with E-state index in [9.17, 15) is 9.50 Å². The molecule has 2 atom stereocenters. The fourth-order valence-electron chi connectivity index (χ4n) is 3.20. The van der Waals surface area contributed by atoms with Crippen LogP contribution in [0, 0.1) is 5.82 Å². The van der Waals surface area contributed by atoms with E-state index in [2.05, 4.69) is 4.90 Å². The lowest BCUT2D eigenvalue weighted by molar-refractivity contribution is -0.0276. The number of rotatable bonds is 8. The molecule has 0 bridgehead atoms. The maximum atomic E-state index is 12.9. The van der Waals surface area contributed by atoms with Crippen LogP contribution < -0.4 is 18.9 Å². The molecular weight excluding hydrogens is 365 g/mol. The number of methoxy groups -OCH3 is 2. The van der Waals surface area contributed by atoms with Gasteiger partial charge in [-0.3, -0.25) is 4.90 Å². The minimum absolute atomic E-state index is 0.285. The quantitative estimate of drug-likeness (QED) is 0.747. The molecule has 0 amide bonds. The molecule has 6 nitrogen and oxygen atoms in total. The van der Waals surface area contributed by atoms with Gasteiger partial charge in [0.05, 0.1) is 14.2 Å². The van der Waals surface area contributed by atoms with Crippen molar-refractivity contribution in [2.45, 2.75) is 18.6 Å². The number of halogens is 1. The van der Waals surface area contributed by atoms with Crippen molar-refractivity contribution in [1.29, 1.82) is 0 Å². The lowest BCUT2D eigenvalue weighted by Gasteiger charge is -2.35. The highest BCUT2D eigenvalue weighted by atomic mass is 19.1. The number of piperidine rings is 1. The second-order valence-corrected chi connectivity index (χ2v) is 6.63. The minimum atomic E-state index is -0.604. The van der Waals surface area contributed by atoms with E-state index in [0.29, 0.717) is 49.1 Å². The molecule has 0 unspecified atom stereocenters. The zero-order chi connectivity index (χ0) is 19.9. The Kier molecular flexibility index (Phi) is 6.95. The third-order valence-electron chi connectivity index (χ3n) is 4.74. The van der Waals surface area contributed by atoms with E-state index in [4.69, 9.17) is 18.9 Å². The van der Waals surface area contributed by atoms with Gasteiger partial charge in [0.2, 0.25) is 0 Å². The zero-order valence-corrected chi connectivity index (χ0v) is 16.1. The predicted octanol–water partition coefficient (Wildman–Crippen LogP) is 2.74. The Hall–Kier alpha value is -2.51. The Bertz CT molecular complexity index is 755. The standard InChI is InChI=1S/C21H26FNO5/c1-25-20-8-7-17(13-21(20)26-2)28-19-9-10-23(14-18(19)24)11-12-27-16-5-3-15(22)4-6-16/h3-8,13,18-19,24H,9-12,14H2,1-2H3/t18-,19-/m1/s1. The van der Waals surface area contributed by atoms with Crippen molar-refractivity contribution < 1.29 is 28.4 Å². The van der Waals surface area contributed by atoms with Crippen molar-refractivity contribution in [3.05, 3.63) is 48.3 Å². The first-order valence-electron chi connectivity index (χ1n) is 9.26. The normalized spacial score (nSPS) is 19.9. The van der Waals surface area contributed by atoms with Crippen LogP contribution in [0.5, 0.6) is 23.0 Å². The molecule has 0 radical (unpaired) electrons. The summed E-state index contributed by atoms with van der Waals surface area (Å²) in [4.78, 5) is 2.13. The summed E-state index contributed by atoms with van der Waals surface area (Å²) in [5, 5.41) is 10.5. The minimum Gasteiger partial charge on any atom is -0.493 e. The van der Waals surface area contributed by atoms with Crippen molar-refractivity contribution in [2.75, 3.05) is 40.5 Å². The highest BCUT2D eigenvalue weighted by Gasteiger charge is 2.29. The third-order valence-corrected chi connectivity index (χ3v) is 4.74. The lowest BCUT2D eigenvalue weighted by Crippen LogP contribution is -2.49. The molecule has 1 aliphatic rings. The van der Waals surface area contributed by atoms with Crippen LogP contribution in [0.1, 0.15) is 6.42 Å². The summed E-state index contributed by atoms with van der Waals surface area (Å²) in [6.07, 6.45) is -0.188. The van der Waals surface area contributed by atoms with Gasteiger partial charge in [-0.25, -0.2) is 4.39 Å². The predicted molar refractivity (Wildman–Crippen MR) is 103 cm³/mol. The monoisotopic (exact) mass is 391 g/mol. The van der Waals surface area contributed by atoms with Crippen LogP contribution in [-0.4, -0.2) is 62.7 Å². The van der Waals surface area contributed by atoms with E-state index < -0.39 is 6.10 Å². The maximum Gasteiger partial charge on any atom is 0.164 e. The van der Waals surface area contributed by atoms with E-state index in [-0.39, 0.29) is 11.9 Å². The highest BCUT2D eigenvalue weighted by Crippen LogP contribution is 2.32. The van der Waals surface area contributed by atoms with Crippen molar-refractivity contribution in [2.24, 2.45) is 0 Å². The molecule has 0 aromatic heterocycles.